The molecule has 3 aliphatic rings. The van der Waals surface area contributed by atoms with Gasteiger partial charge in [0.25, 0.3) is 5.91 Å². The molecule has 0 aliphatic carbocycles. The Morgan fingerprint density at radius 3 is 2.67 bits per heavy atom. The lowest BCUT2D eigenvalue weighted by molar-refractivity contribution is 0.0218. The van der Waals surface area contributed by atoms with Crippen molar-refractivity contribution in [2.24, 2.45) is 5.92 Å². The van der Waals surface area contributed by atoms with Gasteiger partial charge in [0.05, 0.1) is 5.69 Å². The van der Waals surface area contributed by atoms with Crippen molar-refractivity contribution in [2.45, 2.75) is 38.8 Å². The molecule has 2 bridgehead atoms. The van der Waals surface area contributed by atoms with Crippen molar-refractivity contribution in [3.63, 3.8) is 0 Å². The zero-order valence-corrected chi connectivity index (χ0v) is 14.8. The molecule has 3 aliphatic heterocycles. The molecular weight excluding hydrogens is 320 g/mol. The van der Waals surface area contributed by atoms with Gasteiger partial charge in [-0.2, -0.15) is 0 Å². The summed E-state index contributed by atoms with van der Waals surface area (Å²) in [7, 11) is 0. The van der Waals surface area contributed by atoms with E-state index in [1.165, 1.54) is 37.3 Å². The Balaban J connectivity index is 1.54. The lowest BCUT2D eigenvalue weighted by atomic mass is 9.79. The molecule has 2 atom stereocenters. The second kappa shape index (κ2) is 6.26. The van der Waals surface area contributed by atoms with E-state index in [9.17, 15) is 4.79 Å². The highest BCUT2D eigenvalue weighted by molar-refractivity contribution is 7.17. The Morgan fingerprint density at radius 1 is 1.29 bits per heavy atom. The molecule has 24 heavy (non-hydrogen) atoms. The lowest BCUT2D eigenvalue weighted by Gasteiger charge is -2.49. The number of pyridine rings is 1. The quantitative estimate of drug-likeness (QED) is 0.932. The fourth-order valence-electron chi connectivity index (χ4n) is 3.99. The maximum absolute atomic E-state index is 12.8. The summed E-state index contributed by atoms with van der Waals surface area (Å²) in [6, 6.07) is 4.53. The summed E-state index contributed by atoms with van der Waals surface area (Å²) < 4.78 is 0. The standard InChI is InChI=1S/C18H22N4OS/c1-11-16(24-18(20-11)14-3-7-19-8-4-14)17(23)21-15-12(2)22-9-5-13(15)6-10-22/h3-4,7-8,12-13,15H,5-6,9-10H2,1-2H3,(H,21,23). The first-order valence-electron chi connectivity index (χ1n) is 8.56. The van der Waals surface area contributed by atoms with Gasteiger partial charge in [-0.1, -0.05) is 0 Å². The summed E-state index contributed by atoms with van der Waals surface area (Å²) >= 11 is 1.47. The minimum atomic E-state index is 0.0240. The van der Waals surface area contributed by atoms with Gasteiger partial charge < -0.3 is 5.32 Å². The highest BCUT2D eigenvalue weighted by atomic mass is 32.1. The number of carbonyl (C=O) groups excluding carboxylic acids is 1. The second-order valence-electron chi connectivity index (χ2n) is 6.78. The first-order chi connectivity index (χ1) is 11.6. The summed E-state index contributed by atoms with van der Waals surface area (Å²) in [5.41, 5.74) is 1.81. The number of aromatic nitrogens is 2. The van der Waals surface area contributed by atoms with Crippen molar-refractivity contribution >= 4 is 17.2 Å². The largest absolute Gasteiger partial charge is 0.347 e. The first kappa shape index (κ1) is 15.7. The maximum Gasteiger partial charge on any atom is 0.263 e. The van der Waals surface area contributed by atoms with Crippen LogP contribution in [0.3, 0.4) is 0 Å². The topological polar surface area (TPSA) is 58.1 Å². The van der Waals surface area contributed by atoms with Crippen LogP contribution in [0.25, 0.3) is 10.6 Å². The Hall–Kier alpha value is -1.79. The number of aryl methyl sites for hydroxylation is 1. The molecule has 3 fully saturated rings. The fraction of sp³-hybridized carbons (Fsp3) is 0.500. The molecule has 0 radical (unpaired) electrons. The zero-order valence-electron chi connectivity index (χ0n) is 14.0. The number of amides is 1. The highest BCUT2D eigenvalue weighted by Crippen LogP contribution is 2.33. The number of thiazole rings is 1. The maximum atomic E-state index is 12.8. The van der Waals surface area contributed by atoms with Gasteiger partial charge in [-0.15, -0.1) is 11.3 Å². The van der Waals surface area contributed by atoms with E-state index in [4.69, 9.17) is 0 Å². The number of nitrogens with one attached hydrogen (secondary N) is 1. The van der Waals surface area contributed by atoms with Gasteiger partial charge in [0.1, 0.15) is 9.88 Å². The summed E-state index contributed by atoms with van der Waals surface area (Å²) in [6.07, 6.45) is 5.89. The predicted octanol–water partition coefficient (Wildman–Crippen LogP) is 2.73. The van der Waals surface area contributed by atoms with Gasteiger partial charge in [-0.05, 0) is 57.8 Å². The zero-order chi connectivity index (χ0) is 16.7. The average Bonchev–Trinajstić information content (AvgIpc) is 3.01. The van der Waals surface area contributed by atoms with E-state index in [1.54, 1.807) is 12.4 Å². The number of hydrogen-bond donors (Lipinski definition) is 1. The smallest absolute Gasteiger partial charge is 0.263 e. The number of hydrogen-bond acceptors (Lipinski definition) is 5. The summed E-state index contributed by atoms with van der Waals surface area (Å²) in [6.45, 7) is 6.49. The minimum absolute atomic E-state index is 0.0240. The molecule has 0 aromatic carbocycles. The average molecular weight is 342 g/mol. The SMILES string of the molecule is Cc1nc(-c2ccncc2)sc1C(=O)NC1C2CCN(CC2)C1C. The summed E-state index contributed by atoms with van der Waals surface area (Å²) in [5, 5.41) is 4.18. The molecule has 6 heteroatoms. The number of rotatable bonds is 3. The molecule has 3 saturated heterocycles. The molecule has 2 aromatic rings. The molecule has 5 rings (SSSR count). The minimum Gasteiger partial charge on any atom is -0.347 e. The van der Waals surface area contributed by atoms with Crippen molar-refractivity contribution in [3.05, 3.63) is 35.1 Å². The van der Waals surface area contributed by atoms with E-state index in [0.717, 1.165) is 21.1 Å². The van der Waals surface area contributed by atoms with Crippen LogP contribution in [0.4, 0.5) is 0 Å². The molecule has 1 N–H and O–H groups in total. The predicted molar refractivity (Wildman–Crippen MR) is 95.1 cm³/mol. The van der Waals surface area contributed by atoms with E-state index in [2.05, 4.69) is 27.1 Å². The third-order valence-corrected chi connectivity index (χ3v) is 6.61. The van der Waals surface area contributed by atoms with Crippen LogP contribution >= 0.6 is 11.3 Å². The third kappa shape index (κ3) is 2.74. The Labute approximate surface area is 146 Å². The van der Waals surface area contributed by atoms with Gasteiger partial charge in [0, 0.05) is 30.0 Å². The molecular formula is C18H22N4OS. The van der Waals surface area contributed by atoms with Crippen LogP contribution in [0.5, 0.6) is 0 Å². The van der Waals surface area contributed by atoms with Crippen molar-refractivity contribution < 1.29 is 4.79 Å². The number of piperidine rings is 3. The van der Waals surface area contributed by atoms with Crippen LogP contribution in [0.1, 0.15) is 35.1 Å². The van der Waals surface area contributed by atoms with Crippen LogP contribution in [-0.4, -0.2) is 45.9 Å². The molecule has 126 valence electrons. The molecule has 5 nitrogen and oxygen atoms in total. The monoisotopic (exact) mass is 342 g/mol. The van der Waals surface area contributed by atoms with Gasteiger partial charge >= 0.3 is 0 Å². The molecule has 5 heterocycles. The van der Waals surface area contributed by atoms with Crippen LogP contribution < -0.4 is 5.32 Å². The molecule has 2 aromatic heterocycles. The number of nitrogens with zero attached hydrogens (tertiary/aromatic N) is 3. The van der Waals surface area contributed by atoms with E-state index >= 15 is 0 Å². The van der Waals surface area contributed by atoms with Gasteiger partial charge in [0.2, 0.25) is 0 Å². The van der Waals surface area contributed by atoms with Gasteiger partial charge in [0.15, 0.2) is 0 Å². The molecule has 0 spiro atoms. The molecule has 2 unspecified atom stereocenters. The van der Waals surface area contributed by atoms with Crippen molar-refractivity contribution in [2.75, 3.05) is 13.1 Å². The van der Waals surface area contributed by atoms with Crippen molar-refractivity contribution in [3.8, 4) is 10.6 Å². The highest BCUT2D eigenvalue weighted by Gasteiger charge is 2.40. The van der Waals surface area contributed by atoms with Crippen LogP contribution in [-0.2, 0) is 0 Å². The fourth-order valence-corrected chi connectivity index (χ4v) is 4.96. The van der Waals surface area contributed by atoms with E-state index in [0.29, 0.717) is 12.0 Å². The Morgan fingerprint density at radius 2 is 2.00 bits per heavy atom. The van der Waals surface area contributed by atoms with E-state index in [1.807, 2.05) is 19.1 Å². The van der Waals surface area contributed by atoms with Crippen molar-refractivity contribution in [1.29, 1.82) is 0 Å². The van der Waals surface area contributed by atoms with Gasteiger partial charge in [-0.25, -0.2) is 4.98 Å². The lowest BCUT2D eigenvalue weighted by Crippen LogP contribution is -2.62. The van der Waals surface area contributed by atoms with Crippen LogP contribution in [0.15, 0.2) is 24.5 Å². The number of fused-ring (bicyclic) bond motifs is 3. The summed E-state index contributed by atoms with van der Waals surface area (Å²) in [4.78, 5) is 24.7. The normalized spacial score (nSPS) is 28.8. The Kier molecular flexibility index (Phi) is 4.10. The first-order valence-corrected chi connectivity index (χ1v) is 9.38. The van der Waals surface area contributed by atoms with E-state index in [-0.39, 0.29) is 11.9 Å². The second-order valence-corrected chi connectivity index (χ2v) is 7.78. The third-order valence-electron chi connectivity index (χ3n) is 5.41. The molecule has 1 amide bonds. The summed E-state index contributed by atoms with van der Waals surface area (Å²) in [5.74, 6) is 0.637. The number of carbonyl (C=O) groups is 1. The molecule has 0 saturated carbocycles. The van der Waals surface area contributed by atoms with Crippen LogP contribution in [0.2, 0.25) is 0 Å². The van der Waals surface area contributed by atoms with Gasteiger partial charge in [-0.3, -0.25) is 14.7 Å². The van der Waals surface area contributed by atoms with Crippen molar-refractivity contribution in [1.82, 2.24) is 20.2 Å². The van der Waals surface area contributed by atoms with Crippen LogP contribution in [0, 0.1) is 12.8 Å². The van der Waals surface area contributed by atoms with E-state index < -0.39 is 0 Å². The Bertz CT molecular complexity index is 735.